The van der Waals surface area contributed by atoms with Crippen molar-refractivity contribution < 1.29 is 4.79 Å². The number of nitrogens with zero attached hydrogens (tertiary/aromatic N) is 2. The highest BCUT2D eigenvalue weighted by Crippen LogP contribution is 2.23. The second kappa shape index (κ2) is 7.21. The van der Waals surface area contributed by atoms with Gasteiger partial charge in [-0.2, -0.15) is 9.97 Å². The van der Waals surface area contributed by atoms with Crippen molar-refractivity contribution in [2.45, 2.75) is 20.3 Å². The number of benzene rings is 1. The van der Waals surface area contributed by atoms with E-state index in [2.05, 4.69) is 39.4 Å². The Kier molecular flexibility index (Phi) is 4.83. The van der Waals surface area contributed by atoms with Crippen molar-refractivity contribution in [3.8, 4) is 0 Å². The maximum Gasteiger partial charge on any atom is 0.248 e. The highest BCUT2D eigenvalue weighted by Gasteiger charge is 2.09. The molecule has 2 aromatic heterocycles. The van der Waals surface area contributed by atoms with Gasteiger partial charge in [0.05, 0.1) is 5.39 Å². The van der Waals surface area contributed by atoms with Crippen LogP contribution >= 0.6 is 0 Å². The van der Waals surface area contributed by atoms with E-state index in [0.717, 1.165) is 35.5 Å². The van der Waals surface area contributed by atoms with Crippen molar-refractivity contribution in [1.82, 2.24) is 15.0 Å². The van der Waals surface area contributed by atoms with Gasteiger partial charge in [-0.3, -0.25) is 4.79 Å². The Balaban J connectivity index is 1.82. The molecule has 0 saturated heterocycles. The number of nitrogens with one attached hydrogen (secondary N) is 3. The van der Waals surface area contributed by atoms with Crippen molar-refractivity contribution in [2.75, 3.05) is 17.2 Å². The van der Waals surface area contributed by atoms with Crippen molar-refractivity contribution >= 4 is 34.4 Å². The molecule has 3 aromatic rings. The number of fused-ring (bicyclic) bond motifs is 1. The molecule has 130 valence electrons. The lowest BCUT2D eigenvalue weighted by Crippen LogP contribution is -2.10. The molecule has 0 aliphatic heterocycles. The molecule has 25 heavy (non-hydrogen) atoms. The molecule has 0 spiro atoms. The van der Waals surface area contributed by atoms with Gasteiger partial charge in [0.1, 0.15) is 11.5 Å². The first kappa shape index (κ1) is 16.8. The fourth-order valence-electron chi connectivity index (χ4n) is 2.46. The van der Waals surface area contributed by atoms with E-state index in [0.29, 0.717) is 17.4 Å². The fraction of sp³-hybridized carbons (Fsp3) is 0.278. The van der Waals surface area contributed by atoms with Crippen LogP contribution in [-0.2, 0) is 0 Å². The molecule has 5 N–H and O–H groups in total. The standard InChI is InChI=1S/C18H22N6O/c1-11(2)7-9-20-16-14-8-10-21-17(14)24-18(23-16)22-13-5-3-12(4-6-13)15(19)25/h3-6,8,10-11H,7,9H2,1-2H3,(H2,19,25)(H3,20,21,22,23,24). The number of aromatic amines is 1. The zero-order valence-electron chi connectivity index (χ0n) is 14.3. The van der Waals surface area contributed by atoms with Crippen LogP contribution in [0.25, 0.3) is 11.0 Å². The van der Waals surface area contributed by atoms with Crippen LogP contribution in [0.3, 0.4) is 0 Å². The zero-order chi connectivity index (χ0) is 17.8. The minimum Gasteiger partial charge on any atom is -0.369 e. The molecule has 1 amide bonds. The first-order chi connectivity index (χ1) is 12.0. The van der Waals surface area contributed by atoms with Crippen LogP contribution in [-0.4, -0.2) is 27.4 Å². The van der Waals surface area contributed by atoms with Gasteiger partial charge in [-0.05, 0) is 42.7 Å². The van der Waals surface area contributed by atoms with E-state index in [9.17, 15) is 4.79 Å². The van der Waals surface area contributed by atoms with E-state index in [1.54, 1.807) is 24.3 Å². The number of carbonyl (C=O) groups is 1. The Hall–Kier alpha value is -3.09. The predicted molar refractivity (Wildman–Crippen MR) is 100 cm³/mol. The number of amides is 1. The van der Waals surface area contributed by atoms with Gasteiger partial charge in [0.25, 0.3) is 0 Å². The first-order valence-corrected chi connectivity index (χ1v) is 8.29. The van der Waals surface area contributed by atoms with Crippen molar-refractivity contribution in [3.05, 3.63) is 42.1 Å². The van der Waals surface area contributed by atoms with Gasteiger partial charge >= 0.3 is 0 Å². The second-order valence-corrected chi connectivity index (χ2v) is 6.31. The molecule has 0 saturated carbocycles. The number of H-pyrrole nitrogens is 1. The van der Waals surface area contributed by atoms with Crippen LogP contribution in [0.1, 0.15) is 30.6 Å². The van der Waals surface area contributed by atoms with Crippen LogP contribution in [0.2, 0.25) is 0 Å². The minimum absolute atomic E-state index is 0.452. The topological polar surface area (TPSA) is 109 Å². The molecule has 0 aliphatic carbocycles. The number of hydrogen-bond donors (Lipinski definition) is 4. The lowest BCUT2D eigenvalue weighted by molar-refractivity contribution is 0.100. The van der Waals surface area contributed by atoms with Gasteiger partial charge in [-0.25, -0.2) is 0 Å². The quantitative estimate of drug-likeness (QED) is 0.529. The summed E-state index contributed by atoms with van der Waals surface area (Å²) in [6, 6.07) is 8.83. The van der Waals surface area contributed by atoms with E-state index >= 15 is 0 Å². The molecule has 7 nitrogen and oxygen atoms in total. The Labute approximate surface area is 146 Å². The van der Waals surface area contributed by atoms with Gasteiger partial charge in [0, 0.05) is 24.0 Å². The number of nitrogens with two attached hydrogens (primary N) is 1. The first-order valence-electron chi connectivity index (χ1n) is 8.29. The molecule has 0 fully saturated rings. The highest BCUT2D eigenvalue weighted by atomic mass is 16.1. The molecule has 0 atom stereocenters. The highest BCUT2D eigenvalue weighted by molar-refractivity contribution is 5.93. The van der Waals surface area contributed by atoms with Crippen molar-refractivity contribution in [3.63, 3.8) is 0 Å². The summed E-state index contributed by atoms with van der Waals surface area (Å²) in [7, 11) is 0. The van der Waals surface area contributed by atoms with Crippen LogP contribution in [0.5, 0.6) is 0 Å². The maximum absolute atomic E-state index is 11.1. The zero-order valence-corrected chi connectivity index (χ0v) is 14.3. The van der Waals surface area contributed by atoms with E-state index in [1.807, 2.05) is 12.3 Å². The SMILES string of the molecule is CC(C)CCNc1nc(Nc2ccc(C(N)=O)cc2)nc2[nH]ccc12. The average molecular weight is 338 g/mol. The molecule has 0 radical (unpaired) electrons. The monoisotopic (exact) mass is 338 g/mol. The van der Waals surface area contributed by atoms with E-state index in [-0.39, 0.29) is 0 Å². The van der Waals surface area contributed by atoms with Crippen LogP contribution in [0, 0.1) is 5.92 Å². The maximum atomic E-state index is 11.1. The molecule has 0 aliphatic rings. The number of aromatic nitrogens is 3. The largest absolute Gasteiger partial charge is 0.369 e. The number of carbonyl (C=O) groups excluding carboxylic acids is 1. The fourth-order valence-corrected chi connectivity index (χ4v) is 2.46. The molecular formula is C18H22N6O. The Morgan fingerprint density at radius 3 is 2.64 bits per heavy atom. The lowest BCUT2D eigenvalue weighted by atomic mass is 10.1. The number of hydrogen-bond acceptors (Lipinski definition) is 5. The Morgan fingerprint density at radius 1 is 1.20 bits per heavy atom. The summed E-state index contributed by atoms with van der Waals surface area (Å²) in [5, 5.41) is 7.50. The third kappa shape index (κ3) is 4.06. The summed E-state index contributed by atoms with van der Waals surface area (Å²) >= 11 is 0. The van der Waals surface area contributed by atoms with Crippen molar-refractivity contribution in [1.29, 1.82) is 0 Å². The van der Waals surface area contributed by atoms with Gasteiger partial charge < -0.3 is 21.4 Å². The summed E-state index contributed by atoms with van der Waals surface area (Å²) in [6.45, 7) is 5.23. The third-order valence-corrected chi connectivity index (χ3v) is 3.86. The summed E-state index contributed by atoms with van der Waals surface area (Å²) < 4.78 is 0. The van der Waals surface area contributed by atoms with Gasteiger partial charge in [0.2, 0.25) is 11.9 Å². The normalized spacial score (nSPS) is 11.0. The van der Waals surface area contributed by atoms with E-state index < -0.39 is 5.91 Å². The molecule has 0 unspecified atom stereocenters. The number of rotatable bonds is 7. The predicted octanol–water partition coefficient (Wildman–Crippen LogP) is 3.26. The Morgan fingerprint density at radius 2 is 1.96 bits per heavy atom. The van der Waals surface area contributed by atoms with Gasteiger partial charge in [-0.1, -0.05) is 13.8 Å². The molecule has 0 bridgehead atoms. The van der Waals surface area contributed by atoms with E-state index in [4.69, 9.17) is 5.73 Å². The molecule has 1 aromatic carbocycles. The van der Waals surface area contributed by atoms with Gasteiger partial charge in [0.15, 0.2) is 0 Å². The Bertz CT molecular complexity index is 869. The summed E-state index contributed by atoms with van der Waals surface area (Å²) in [5.41, 5.74) is 7.26. The van der Waals surface area contributed by atoms with Crippen LogP contribution < -0.4 is 16.4 Å². The molecule has 2 heterocycles. The van der Waals surface area contributed by atoms with Crippen LogP contribution in [0.4, 0.5) is 17.5 Å². The van der Waals surface area contributed by atoms with Crippen molar-refractivity contribution in [2.24, 2.45) is 11.7 Å². The molecule has 7 heteroatoms. The van der Waals surface area contributed by atoms with Gasteiger partial charge in [-0.15, -0.1) is 0 Å². The van der Waals surface area contributed by atoms with Crippen LogP contribution in [0.15, 0.2) is 36.5 Å². The average Bonchev–Trinajstić information content (AvgIpc) is 3.03. The minimum atomic E-state index is -0.452. The summed E-state index contributed by atoms with van der Waals surface area (Å²) in [5.74, 6) is 1.45. The smallest absolute Gasteiger partial charge is 0.248 e. The summed E-state index contributed by atoms with van der Waals surface area (Å²) in [6.07, 6.45) is 2.91. The second-order valence-electron chi connectivity index (χ2n) is 6.31. The third-order valence-electron chi connectivity index (χ3n) is 3.86. The van der Waals surface area contributed by atoms with E-state index in [1.165, 1.54) is 0 Å². The lowest BCUT2D eigenvalue weighted by Gasteiger charge is -2.11. The summed E-state index contributed by atoms with van der Waals surface area (Å²) in [4.78, 5) is 23.3. The number of anilines is 3. The molecular weight excluding hydrogens is 316 g/mol. The molecule has 3 rings (SSSR count). The number of primary amides is 1.